The Labute approximate surface area is 106 Å². The molecule has 100 valence electrons. The second-order valence-corrected chi connectivity index (χ2v) is 4.39. The fourth-order valence-corrected chi connectivity index (χ4v) is 2.02. The number of hydrogen-bond donors (Lipinski definition) is 0. The van der Waals surface area contributed by atoms with Crippen LogP contribution in [0, 0.1) is 6.92 Å². The van der Waals surface area contributed by atoms with Crippen LogP contribution in [0.3, 0.4) is 0 Å². The third kappa shape index (κ3) is 3.22. The van der Waals surface area contributed by atoms with Crippen molar-refractivity contribution in [2.75, 3.05) is 32.8 Å². The van der Waals surface area contributed by atoms with Gasteiger partial charge in [0.1, 0.15) is 5.76 Å². The SMILES string of the molecule is CCOC(=O)N1CCN(Cc2cc(C)on2)CC1. The summed E-state index contributed by atoms with van der Waals surface area (Å²) < 4.78 is 10.0. The van der Waals surface area contributed by atoms with E-state index in [1.807, 2.05) is 19.9 Å². The third-order valence-corrected chi connectivity index (χ3v) is 2.96. The largest absolute Gasteiger partial charge is 0.450 e. The topological polar surface area (TPSA) is 58.8 Å². The van der Waals surface area contributed by atoms with Gasteiger partial charge in [0, 0.05) is 38.8 Å². The molecular formula is C12H19N3O3. The highest BCUT2D eigenvalue weighted by atomic mass is 16.6. The molecule has 0 N–H and O–H groups in total. The van der Waals surface area contributed by atoms with Crippen molar-refractivity contribution in [1.29, 1.82) is 0 Å². The maximum Gasteiger partial charge on any atom is 0.409 e. The number of aromatic nitrogens is 1. The van der Waals surface area contributed by atoms with Gasteiger partial charge in [0.2, 0.25) is 0 Å². The van der Waals surface area contributed by atoms with E-state index in [1.165, 1.54) is 0 Å². The zero-order valence-electron chi connectivity index (χ0n) is 10.9. The van der Waals surface area contributed by atoms with Crippen molar-refractivity contribution < 1.29 is 14.1 Å². The molecule has 0 radical (unpaired) electrons. The molecule has 0 unspecified atom stereocenters. The van der Waals surface area contributed by atoms with Crippen LogP contribution in [0.25, 0.3) is 0 Å². The minimum Gasteiger partial charge on any atom is -0.450 e. The van der Waals surface area contributed by atoms with Gasteiger partial charge < -0.3 is 14.2 Å². The number of amides is 1. The van der Waals surface area contributed by atoms with Crippen molar-refractivity contribution >= 4 is 6.09 Å². The van der Waals surface area contributed by atoms with Crippen LogP contribution in [0.5, 0.6) is 0 Å². The van der Waals surface area contributed by atoms with Gasteiger partial charge >= 0.3 is 6.09 Å². The summed E-state index contributed by atoms with van der Waals surface area (Å²) in [6.07, 6.45) is -0.213. The number of rotatable bonds is 3. The van der Waals surface area contributed by atoms with E-state index in [1.54, 1.807) is 4.90 Å². The number of nitrogens with zero attached hydrogens (tertiary/aromatic N) is 3. The predicted octanol–water partition coefficient (Wildman–Crippen LogP) is 1.26. The molecule has 0 saturated carbocycles. The zero-order valence-corrected chi connectivity index (χ0v) is 10.9. The highest BCUT2D eigenvalue weighted by Gasteiger charge is 2.22. The van der Waals surface area contributed by atoms with Crippen molar-refractivity contribution in [3.63, 3.8) is 0 Å². The Morgan fingerprint density at radius 1 is 1.44 bits per heavy atom. The first-order valence-corrected chi connectivity index (χ1v) is 6.25. The Hall–Kier alpha value is -1.56. The van der Waals surface area contributed by atoms with Gasteiger partial charge in [-0.25, -0.2) is 4.79 Å². The Bertz CT molecular complexity index is 397. The van der Waals surface area contributed by atoms with Gasteiger partial charge in [-0.3, -0.25) is 4.90 Å². The lowest BCUT2D eigenvalue weighted by molar-refractivity contribution is 0.0772. The minimum absolute atomic E-state index is 0.213. The predicted molar refractivity (Wildman–Crippen MR) is 65.1 cm³/mol. The number of carbonyl (C=O) groups excluding carboxylic acids is 1. The summed E-state index contributed by atoms with van der Waals surface area (Å²) in [4.78, 5) is 15.5. The van der Waals surface area contributed by atoms with Crippen LogP contribution >= 0.6 is 0 Å². The Morgan fingerprint density at radius 3 is 2.72 bits per heavy atom. The average Bonchev–Trinajstić information content (AvgIpc) is 2.76. The van der Waals surface area contributed by atoms with E-state index < -0.39 is 0 Å². The van der Waals surface area contributed by atoms with E-state index in [0.717, 1.165) is 31.1 Å². The van der Waals surface area contributed by atoms with E-state index >= 15 is 0 Å². The smallest absolute Gasteiger partial charge is 0.409 e. The van der Waals surface area contributed by atoms with Gasteiger partial charge in [-0.15, -0.1) is 0 Å². The summed E-state index contributed by atoms with van der Waals surface area (Å²) in [7, 11) is 0. The summed E-state index contributed by atoms with van der Waals surface area (Å²) in [5.74, 6) is 0.829. The zero-order chi connectivity index (χ0) is 13.0. The summed E-state index contributed by atoms with van der Waals surface area (Å²) >= 11 is 0. The van der Waals surface area contributed by atoms with Gasteiger partial charge in [0.15, 0.2) is 0 Å². The van der Waals surface area contributed by atoms with Crippen molar-refractivity contribution in [2.45, 2.75) is 20.4 Å². The first kappa shape index (κ1) is 12.9. The van der Waals surface area contributed by atoms with Crippen LogP contribution in [-0.2, 0) is 11.3 Å². The maximum atomic E-state index is 11.5. The van der Waals surface area contributed by atoms with Crippen LogP contribution in [0.15, 0.2) is 10.6 Å². The van der Waals surface area contributed by atoms with Gasteiger partial charge in [-0.1, -0.05) is 5.16 Å². The Kier molecular flexibility index (Phi) is 4.19. The maximum absolute atomic E-state index is 11.5. The standard InChI is InChI=1S/C12H19N3O3/c1-3-17-12(16)15-6-4-14(5-7-15)9-11-8-10(2)18-13-11/h8H,3-7,9H2,1-2H3. The molecule has 1 amide bonds. The quantitative estimate of drug-likeness (QED) is 0.811. The fraction of sp³-hybridized carbons (Fsp3) is 0.667. The van der Waals surface area contributed by atoms with Gasteiger partial charge in [0.05, 0.1) is 12.3 Å². The molecule has 1 aromatic rings. The molecule has 0 aliphatic carbocycles. The molecule has 1 aliphatic heterocycles. The Balaban J connectivity index is 1.78. The van der Waals surface area contributed by atoms with Crippen molar-refractivity contribution in [1.82, 2.24) is 15.0 Å². The third-order valence-electron chi connectivity index (χ3n) is 2.96. The van der Waals surface area contributed by atoms with E-state index in [-0.39, 0.29) is 6.09 Å². The molecule has 18 heavy (non-hydrogen) atoms. The molecule has 0 bridgehead atoms. The van der Waals surface area contributed by atoms with E-state index in [2.05, 4.69) is 10.1 Å². The fourth-order valence-electron chi connectivity index (χ4n) is 2.02. The number of piperazine rings is 1. The lowest BCUT2D eigenvalue weighted by Gasteiger charge is -2.33. The molecule has 0 spiro atoms. The summed E-state index contributed by atoms with van der Waals surface area (Å²) in [5, 5.41) is 3.97. The van der Waals surface area contributed by atoms with Gasteiger partial charge in [-0.2, -0.15) is 0 Å². The first-order valence-electron chi connectivity index (χ1n) is 6.25. The van der Waals surface area contributed by atoms with Crippen molar-refractivity contribution in [2.24, 2.45) is 0 Å². The molecule has 1 aliphatic rings. The van der Waals surface area contributed by atoms with Gasteiger partial charge in [-0.05, 0) is 13.8 Å². The number of carbonyl (C=O) groups is 1. The van der Waals surface area contributed by atoms with Crippen molar-refractivity contribution in [3.8, 4) is 0 Å². The molecule has 2 rings (SSSR count). The van der Waals surface area contributed by atoms with E-state index in [9.17, 15) is 4.79 Å². The summed E-state index contributed by atoms with van der Waals surface area (Å²) in [6.45, 7) is 7.99. The molecule has 0 aromatic carbocycles. The average molecular weight is 253 g/mol. The number of hydrogen-bond acceptors (Lipinski definition) is 5. The Morgan fingerprint density at radius 2 is 2.17 bits per heavy atom. The second-order valence-electron chi connectivity index (χ2n) is 4.39. The molecule has 1 aromatic heterocycles. The minimum atomic E-state index is -0.213. The van der Waals surface area contributed by atoms with E-state index in [4.69, 9.17) is 9.26 Å². The van der Waals surface area contributed by atoms with Crippen LogP contribution in [0.2, 0.25) is 0 Å². The number of aryl methyl sites for hydroxylation is 1. The van der Waals surface area contributed by atoms with Crippen molar-refractivity contribution in [3.05, 3.63) is 17.5 Å². The van der Waals surface area contributed by atoms with Crippen LogP contribution in [-0.4, -0.2) is 53.8 Å². The lowest BCUT2D eigenvalue weighted by Crippen LogP contribution is -2.48. The molecule has 0 atom stereocenters. The molecule has 2 heterocycles. The molecule has 1 fully saturated rings. The summed E-state index contributed by atoms with van der Waals surface area (Å²) in [5.41, 5.74) is 0.942. The normalized spacial score (nSPS) is 16.9. The first-order chi connectivity index (χ1) is 8.69. The van der Waals surface area contributed by atoms with Crippen LogP contribution in [0.1, 0.15) is 18.4 Å². The van der Waals surface area contributed by atoms with E-state index in [0.29, 0.717) is 19.7 Å². The molecular weight excluding hydrogens is 234 g/mol. The monoisotopic (exact) mass is 253 g/mol. The van der Waals surface area contributed by atoms with Crippen LogP contribution in [0.4, 0.5) is 4.79 Å². The number of ether oxygens (including phenoxy) is 1. The lowest BCUT2D eigenvalue weighted by atomic mass is 10.3. The molecule has 1 saturated heterocycles. The highest BCUT2D eigenvalue weighted by molar-refractivity contribution is 5.67. The summed E-state index contributed by atoms with van der Waals surface area (Å²) in [6, 6.07) is 1.94. The molecule has 6 nitrogen and oxygen atoms in total. The second kappa shape index (κ2) is 5.86. The highest BCUT2D eigenvalue weighted by Crippen LogP contribution is 2.09. The van der Waals surface area contributed by atoms with Gasteiger partial charge in [0.25, 0.3) is 0 Å². The molecule has 6 heteroatoms. The van der Waals surface area contributed by atoms with Crippen LogP contribution < -0.4 is 0 Å².